The molecule has 0 radical (unpaired) electrons. The molecule has 0 bridgehead atoms. The highest BCUT2D eigenvalue weighted by molar-refractivity contribution is 9.10. The maximum atomic E-state index is 12.5. The quantitative estimate of drug-likeness (QED) is 0.620. The van der Waals surface area contributed by atoms with Gasteiger partial charge in [-0.1, -0.05) is 29.4 Å². The van der Waals surface area contributed by atoms with E-state index >= 15 is 0 Å². The first-order valence-corrected chi connectivity index (χ1v) is 9.85. The van der Waals surface area contributed by atoms with Crippen LogP contribution in [0.1, 0.15) is 16.1 Å². The molecule has 0 atom stereocenters. The number of hydrogen-bond acceptors (Lipinski definition) is 6. The van der Waals surface area contributed by atoms with Crippen LogP contribution in [0.4, 0.5) is 5.88 Å². The van der Waals surface area contributed by atoms with Crippen LogP contribution in [0.25, 0.3) is 10.4 Å². The summed E-state index contributed by atoms with van der Waals surface area (Å²) in [7, 11) is -3.82. The summed E-state index contributed by atoms with van der Waals surface area (Å²) >= 11 is 4.46. The van der Waals surface area contributed by atoms with E-state index in [0.717, 1.165) is 6.29 Å². The van der Waals surface area contributed by atoms with Gasteiger partial charge in [0.1, 0.15) is 4.47 Å². The molecular weight excluding hydrogens is 416 g/mol. The van der Waals surface area contributed by atoms with E-state index in [-0.39, 0.29) is 10.8 Å². The summed E-state index contributed by atoms with van der Waals surface area (Å²) in [5, 5.41) is 5.19. The predicted octanol–water partition coefficient (Wildman–Crippen LogP) is 4.09. The molecule has 9 heteroatoms. The summed E-state index contributed by atoms with van der Waals surface area (Å²) in [4.78, 5) is 11.9. The number of sulfonamides is 1. The molecule has 3 aromatic rings. The van der Waals surface area contributed by atoms with Crippen molar-refractivity contribution in [3.8, 4) is 10.4 Å². The average molecular weight is 427 g/mol. The lowest BCUT2D eigenvalue weighted by Gasteiger charge is -2.03. The van der Waals surface area contributed by atoms with Gasteiger partial charge < -0.3 is 4.52 Å². The summed E-state index contributed by atoms with van der Waals surface area (Å²) in [5.74, 6) is 0.0218. The number of carbonyl (C=O) groups is 1. The minimum Gasteiger partial charge on any atom is -0.336 e. The Morgan fingerprint density at radius 2 is 2.08 bits per heavy atom. The number of aryl methyl sites for hydroxylation is 1. The Balaban J connectivity index is 1.95. The molecule has 0 fully saturated rings. The first-order valence-electron chi connectivity index (χ1n) is 6.70. The molecule has 0 aliphatic carbocycles. The molecule has 2 heterocycles. The smallest absolute Gasteiger partial charge is 0.265 e. The molecule has 124 valence electrons. The zero-order valence-corrected chi connectivity index (χ0v) is 15.5. The number of thiophene rings is 1. The fourth-order valence-corrected chi connectivity index (χ4v) is 4.72. The molecule has 1 N–H and O–H groups in total. The zero-order valence-electron chi connectivity index (χ0n) is 12.3. The van der Waals surface area contributed by atoms with Crippen molar-refractivity contribution in [1.29, 1.82) is 0 Å². The number of nitrogens with zero attached hydrogens (tertiary/aromatic N) is 1. The maximum absolute atomic E-state index is 12.5. The minimum absolute atomic E-state index is 0.0218. The predicted molar refractivity (Wildman–Crippen MR) is 94.9 cm³/mol. The Morgan fingerprint density at radius 3 is 2.75 bits per heavy atom. The summed E-state index contributed by atoms with van der Waals surface area (Å²) in [6, 6.07) is 8.53. The molecule has 0 aliphatic heterocycles. The van der Waals surface area contributed by atoms with Crippen LogP contribution in [-0.2, 0) is 10.0 Å². The Morgan fingerprint density at radius 1 is 1.33 bits per heavy atom. The van der Waals surface area contributed by atoms with Gasteiger partial charge in [0.25, 0.3) is 15.9 Å². The molecule has 0 amide bonds. The van der Waals surface area contributed by atoms with E-state index < -0.39 is 10.0 Å². The topological polar surface area (TPSA) is 89.3 Å². The largest absolute Gasteiger partial charge is 0.336 e. The van der Waals surface area contributed by atoms with E-state index in [1.807, 2.05) is 0 Å². The van der Waals surface area contributed by atoms with Crippen LogP contribution >= 0.6 is 27.3 Å². The van der Waals surface area contributed by atoms with E-state index in [9.17, 15) is 13.2 Å². The van der Waals surface area contributed by atoms with Gasteiger partial charge in [0.05, 0.1) is 10.6 Å². The van der Waals surface area contributed by atoms with Gasteiger partial charge in [-0.3, -0.25) is 4.79 Å². The number of aromatic nitrogens is 1. The first kappa shape index (κ1) is 16.9. The number of benzene rings is 1. The van der Waals surface area contributed by atoms with E-state index in [2.05, 4.69) is 25.8 Å². The molecule has 1 aromatic carbocycles. The molecule has 3 rings (SSSR count). The minimum atomic E-state index is -3.82. The number of anilines is 1. The maximum Gasteiger partial charge on any atom is 0.265 e. The lowest BCUT2D eigenvalue weighted by atomic mass is 10.1. The van der Waals surface area contributed by atoms with Gasteiger partial charge in [-0.25, -0.2) is 13.1 Å². The van der Waals surface area contributed by atoms with Gasteiger partial charge in [0.2, 0.25) is 0 Å². The molecule has 2 aromatic heterocycles. The van der Waals surface area contributed by atoms with Crippen molar-refractivity contribution < 1.29 is 17.7 Å². The Hall–Kier alpha value is -1.97. The second kappa shape index (κ2) is 6.50. The van der Waals surface area contributed by atoms with Gasteiger partial charge in [-0.05, 0) is 28.9 Å². The Bertz CT molecular complexity index is 1010. The molecule has 0 aliphatic rings. The van der Waals surface area contributed by atoms with Crippen molar-refractivity contribution in [2.45, 2.75) is 11.8 Å². The average Bonchev–Trinajstić information content (AvgIpc) is 3.18. The zero-order chi connectivity index (χ0) is 17.3. The fourth-order valence-electron chi connectivity index (χ4n) is 2.03. The van der Waals surface area contributed by atoms with E-state index in [1.165, 1.54) is 22.8 Å². The van der Waals surface area contributed by atoms with Crippen molar-refractivity contribution in [2.24, 2.45) is 0 Å². The lowest BCUT2D eigenvalue weighted by molar-refractivity contribution is 0.112. The molecule has 0 unspecified atom stereocenters. The van der Waals surface area contributed by atoms with Crippen LogP contribution in [0.15, 0.2) is 49.6 Å². The third-order valence-corrected chi connectivity index (χ3v) is 6.61. The molecule has 24 heavy (non-hydrogen) atoms. The highest BCUT2D eigenvalue weighted by Gasteiger charge is 2.22. The van der Waals surface area contributed by atoms with Gasteiger partial charge >= 0.3 is 0 Å². The van der Waals surface area contributed by atoms with Crippen LogP contribution < -0.4 is 4.72 Å². The fraction of sp³-hybridized carbons (Fsp3) is 0.0667. The number of halogens is 1. The van der Waals surface area contributed by atoms with Crippen molar-refractivity contribution in [2.75, 3.05) is 4.72 Å². The molecule has 0 spiro atoms. The summed E-state index contributed by atoms with van der Waals surface area (Å²) < 4.78 is 32.7. The number of rotatable bonds is 5. The number of aldehydes is 1. The highest BCUT2D eigenvalue weighted by Crippen LogP contribution is 2.33. The van der Waals surface area contributed by atoms with E-state index in [4.69, 9.17) is 4.52 Å². The molecular formula is C15H11BrN2O4S2. The summed E-state index contributed by atoms with van der Waals surface area (Å²) in [6.45, 7) is 1.68. The van der Waals surface area contributed by atoms with Gasteiger partial charge in [-0.2, -0.15) is 0 Å². The Kier molecular flexibility index (Phi) is 4.57. The van der Waals surface area contributed by atoms with E-state index in [1.54, 1.807) is 31.2 Å². The van der Waals surface area contributed by atoms with Gasteiger partial charge in [0.15, 0.2) is 6.29 Å². The van der Waals surface area contributed by atoms with Crippen LogP contribution in [-0.4, -0.2) is 19.9 Å². The second-order valence-corrected chi connectivity index (χ2v) is 8.25. The molecule has 0 saturated heterocycles. The second-order valence-electron chi connectivity index (χ2n) is 4.87. The Labute approximate surface area is 150 Å². The van der Waals surface area contributed by atoms with Crippen molar-refractivity contribution >= 4 is 49.5 Å². The summed E-state index contributed by atoms with van der Waals surface area (Å²) in [6.07, 6.45) is 0.746. The van der Waals surface area contributed by atoms with Crippen LogP contribution in [0.3, 0.4) is 0 Å². The molecule has 6 nitrogen and oxygen atoms in total. The van der Waals surface area contributed by atoms with Gasteiger partial charge in [0, 0.05) is 21.4 Å². The standard InChI is InChI=1S/C15H11BrN2O4S2/c1-9-14(16)15(22-17-9)18-24(20,21)11-6-13(23-8-11)12-5-3-2-4-10(12)7-19/h2-8,18H,1H3. The molecule has 0 saturated carbocycles. The SMILES string of the molecule is Cc1noc(NS(=O)(=O)c2csc(-c3ccccc3C=O)c2)c1Br. The van der Waals surface area contributed by atoms with Crippen molar-refractivity contribution in [3.05, 3.63) is 51.4 Å². The van der Waals surface area contributed by atoms with Gasteiger partial charge in [-0.15, -0.1) is 11.3 Å². The monoisotopic (exact) mass is 426 g/mol. The normalized spacial score (nSPS) is 11.4. The van der Waals surface area contributed by atoms with E-state index in [0.29, 0.717) is 26.2 Å². The number of hydrogen-bond donors (Lipinski definition) is 1. The third kappa shape index (κ3) is 3.14. The number of carbonyl (C=O) groups excluding carboxylic acids is 1. The lowest BCUT2D eigenvalue weighted by Crippen LogP contribution is -2.11. The van der Waals surface area contributed by atoms with Crippen LogP contribution in [0, 0.1) is 6.92 Å². The van der Waals surface area contributed by atoms with Crippen LogP contribution in [0.5, 0.6) is 0 Å². The summed E-state index contributed by atoms with van der Waals surface area (Å²) in [5.41, 5.74) is 1.74. The first-order chi connectivity index (χ1) is 11.4. The van der Waals surface area contributed by atoms with Crippen molar-refractivity contribution in [1.82, 2.24) is 5.16 Å². The number of nitrogens with one attached hydrogen (secondary N) is 1. The highest BCUT2D eigenvalue weighted by atomic mass is 79.9. The van der Waals surface area contributed by atoms with Crippen molar-refractivity contribution in [3.63, 3.8) is 0 Å². The third-order valence-electron chi connectivity index (χ3n) is 3.26. The van der Waals surface area contributed by atoms with Crippen LogP contribution in [0.2, 0.25) is 0 Å².